The number of halogens is 1. The van der Waals surface area contributed by atoms with Crippen LogP contribution in [0.3, 0.4) is 0 Å². The Labute approximate surface area is 183 Å². The standard InChI is InChI=1S/C23H21FN4O4/c1-32-18-6-5-16(24)12-17(18)21(29)19-20(15-4-2-7-25-13-15)28(23(31)22(19)30)10-3-9-27-11-8-26-14-27/h2,4-8,11-14,20,29H,3,9-10H2,1H3. The van der Waals surface area contributed by atoms with Gasteiger partial charge in [0, 0.05) is 37.9 Å². The third kappa shape index (κ3) is 3.96. The van der Waals surface area contributed by atoms with Crippen LogP contribution in [0.5, 0.6) is 5.75 Å². The van der Waals surface area contributed by atoms with Crippen molar-refractivity contribution in [2.75, 3.05) is 13.7 Å². The minimum atomic E-state index is -0.862. The molecule has 1 saturated heterocycles. The first-order chi connectivity index (χ1) is 15.5. The Morgan fingerprint density at radius 2 is 2.03 bits per heavy atom. The molecule has 4 rings (SSSR count). The molecule has 1 unspecified atom stereocenters. The number of aliphatic hydroxyl groups is 1. The maximum absolute atomic E-state index is 13.9. The zero-order valence-corrected chi connectivity index (χ0v) is 17.3. The third-order valence-corrected chi connectivity index (χ3v) is 5.33. The molecule has 32 heavy (non-hydrogen) atoms. The van der Waals surface area contributed by atoms with E-state index >= 15 is 0 Å². The molecule has 1 atom stereocenters. The lowest BCUT2D eigenvalue weighted by molar-refractivity contribution is -0.139. The van der Waals surface area contributed by atoms with E-state index in [2.05, 4.69) is 9.97 Å². The van der Waals surface area contributed by atoms with E-state index in [0.717, 1.165) is 6.07 Å². The first-order valence-corrected chi connectivity index (χ1v) is 9.99. The zero-order valence-electron chi connectivity index (χ0n) is 17.3. The van der Waals surface area contributed by atoms with Crippen molar-refractivity contribution in [3.63, 3.8) is 0 Å². The average molecular weight is 436 g/mol. The van der Waals surface area contributed by atoms with Gasteiger partial charge < -0.3 is 19.3 Å². The quantitative estimate of drug-likeness (QED) is 0.348. The number of ether oxygens (including phenoxy) is 1. The van der Waals surface area contributed by atoms with Crippen molar-refractivity contribution in [3.05, 3.63) is 84.0 Å². The van der Waals surface area contributed by atoms with Crippen LogP contribution in [0.1, 0.15) is 23.6 Å². The highest BCUT2D eigenvalue weighted by Crippen LogP contribution is 2.40. The maximum Gasteiger partial charge on any atom is 0.295 e. The van der Waals surface area contributed by atoms with Crippen LogP contribution in [0.2, 0.25) is 0 Å². The molecule has 1 fully saturated rings. The van der Waals surface area contributed by atoms with Gasteiger partial charge in [-0.3, -0.25) is 14.6 Å². The molecule has 0 saturated carbocycles. The van der Waals surface area contributed by atoms with E-state index in [1.54, 1.807) is 30.9 Å². The van der Waals surface area contributed by atoms with Crippen LogP contribution in [0.25, 0.3) is 5.76 Å². The van der Waals surface area contributed by atoms with Crippen molar-refractivity contribution in [1.29, 1.82) is 0 Å². The Hall–Kier alpha value is -4.01. The van der Waals surface area contributed by atoms with Crippen LogP contribution in [-0.2, 0) is 16.1 Å². The number of aromatic nitrogens is 3. The summed E-state index contributed by atoms with van der Waals surface area (Å²) in [5, 5.41) is 11.1. The molecule has 1 aromatic carbocycles. The second-order valence-corrected chi connectivity index (χ2v) is 7.28. The van der Waals surface area contributed by atoms with Gasteiger partial charge in [0.2, 0.25) is 0 Å². The number of carbonyl (C=O) groups excluding carboxylic acids is 2. The molecule has 9 heteroatoms. The molecule has 1 aliphatic rings. The number of pyridine rings is 1. The van der Waals surface area contributed by atoms with Crippen LogP contribution < -0.4 is 4.74 Å². The first-order valence-electron chi connectivity index (χ1n) is 9.99. The van der Waals surface area contributed by atoms with Crippen molar-refractivity contribution in [2.45, 2.75) is 19.0 Å². The normalized spacial score (nSPS) is 17.7. The van der Waals surface area contributed by atoms with Gasteiger partial charge in [-0.05, 0) is 36.2 Å². The van der Waals surface area contributed by atoms with Crippen molar-refractivity contribution in [3.8, 4) is 5.75 Å². The van der Waals surface area contributed by atoms with Crippen molar-refractivity contribution in [2.24, 2.45) is 0 Å². The fraction of sp³-hybridized carbons (Fsp3) is 0.217. The van der Waals surface area contributed by atoms with Crippen molar-refractivity contribution >= 4 is 17.4 Å². The van der Waals surface area contributed by atoms with Gasteiger partial charge in [0.25, 0.3) is 11.7 Å². The molecule has 1 aliphatic heterocycles. The van der Waals surface area contributed by atoms with E-state index in [-0.39, 0.29) is 23.4 Å². The Bertz CT molecular complexity index is 1160. The molecular weight excluding hydrogens is 415 g/mol. The Kier molecular flexibility index (Phi) is 5.98. The molecule has 1 N–H and O–H groups in total. The topological polar surface area (TPSA) is 97.6 Å². The molecule has 1 amide bonds. The number of imidazole rings is 1. The number of aryl methyl sites for hydroxylation is 1. The number of likely N-dealkylation sites (tertiary alicyclic amines) is 1. The number of benzene rings is 1. The van der Waals surface area contributed by atoms with Crippen molar-refractivity contribution in [1.82, 2.24) is 19.4 Å². The van der Waals surface area contributed by atoms with E-state index in [1.165, 1.54) is 30.3 Å². The molecule has 0 bridgehead atoms. The second kappa shape index (κ2) is 9.01. The van der Waals surface area contributed by atoms with E-state index in [9.17, 15) is 19.1 Å². The van der Waals surface area contributed by atoms with Crippen LogP contribution in [0, 0.1) is 5.82 Å². The third-order valence-electron chi connectivity index (χ3n) is 5.33. The number of carbonyl (C=O) groups is 2. The monoisotopic (exact) mass is 436 g/mol. The highest BCUT2D eigenvalue weighted by atomic mass is 19.1. The summed E-state index contributed by atoms with van der Waals surface area (Å²) in [5.41, 5.74) is 0.429. The van der Waals surface area contributed by atoms with Gasteiger partial charge in [0.05, 0.1) is 30.6 Å². The van der Waals surface area contributed by atoms with Gasteiger partial charge in [-0.15, -0.1) is 0 Å². The van der Waals surface area contributed by atoms with E-state index in [1.807, 2.05) is 10.8 Å². The molecule has 8 nitrogen and oxygen atoms in total. The molecule has 3 aromatic rings. The number of rotatable bonds is 7. The SMILES string of the molecule is COc1ccc(F)cc1C(O)=C1C(=O)C(=O)N(CCCn2ccnc2)C1c1cccnc1. The Morgan fingerprint density at radius 3 is 2.72 bits per heavy atom. The summed E-state index contributed by atoms with van der Waals surface area (Å²) in [7, 11) is 1.37. The summed E-state index contributed by atoms with van der Waals surface area (Å²) in [6.07, 6.45) is 8.81. The van der Waals surface area contributed by atoms with Gasteiger partial charge in [-0.2, -0.15) is 0 Å². The number of aliphatic hydroxyl groups excluding tert-OH is 1. The van der Waals surface area contributed by atoms with Crippen LogP contribution in [-0.4, -0.2) is 49.9 Å². The molecule has 3 heterocycles. The highest BCUT2D eigenvalue weighted by Gasteiger charge is 2.46. The second-order valence-electron chi connectivity index (χ2n) is 7.28. The van der Waals surface area contributed by atoms with Gasteiger partial charge in [-0.25, -0.2) is 9.37 Å². The van der Waals surface area contributed by atoms with Gasteiger partial charge in [-0.1, -0.05) is 6.07 Å². The lowest BCUT2D eigenvalue weighted by Gasteiger charge is -2.25. The van der Waals surface area contributed by atoms with Crippen LogP contribution in [0.4, 0.5) is 4.39 Å². The Balaban J connectivity index is 1.76. The van der Waals surface area contributed by atoms with E-state index < -0.39 is 29.3 Å². The van der Waals surface area contributed by atoms with Crippen LogP contribution >= 0.6 is 0 Å². The summed E-state index contributed by atoms with van der Waals surface area (Å²) >= 11 is 0. The Morgan fingerprint density at radius 1 is 1.19 bits per heavy atom. The number of nitrogens with zero attached hydrogens (tertiary/aromatic N) is 4. The highest BCUT2D eigenvalue weighted by molar-refractivity contribution is 6.46. The number of Topliss-reactive ketones (excluding diaryl/α,β-unsaturated/α-hetero) is 1. The summed E-state index contributed by atoms with van der Waals surface area (Å²) in [6.45, 7) is 0.861. The van der Waals surface area contributed by atoms with E-state index in [4.69, 9.17) is 4.74 Å². The summed E-state index contributed by atoms with van der Waals surface area (Å²) in [4.78, 5) is 35.4. The largest absolute Gasteiger partial charge is 0.507 e. The summed E-state index contributed by atoms with van der Waals surface area (Å²) in [5.74, 6) is -2.50. The van der Waals surface area contributed by atoms with Gasteiger partial charge in [0.1, 0.15) is 17.3 Å². The predicted octanol–water partition coefficient (Wildman–Crippen LogP) is 2.94. The van der Waals surface area contributed by atoms with E-state index in [0.29, 0.717) is 18.5 Å². The molecule has 2 aromatic heterocycles. The molecular formula is C23H21FN4O4. The average Bonchev–Trinajstić information content (AvgIpc) is 3.41. The minimum absolute atomic E-state index is 0.00203. The fourth-order valence-electron chi connectivity index (χ4n) is 3.85. The van der Waals surface area contributed by atoms with Gasteiger partial charge >= 0.3 is 0 Å². The molecule has 0 radical (unpaired) electrons. The number of hydrogen-bond acceptors (Lipinski definition) is 6. The lowest BCUT2D eigenvalue weighted by Crippen LogP contribution is -2.31. The molecule has 0 spiro atoms. The summed E-state index contributed by atoms with van der Waals surface area (Å²) < 4.78 is 21.0. The molecule has 0 aliphatic carbocycles. The first kappa shape index (κ1) is 21.2. The van der Waals surface area contributed by atoms with Crippen LogP contribution in [0.15, 0.2) is 67.0 Å². The van der Waals surface area contributed by atoms with Crippen molar-refractivity contribution < 1.29 is 23.8 Å². The number of amides is 1. The predicted molar refractivity (Wildman–Crippen MR) is 113 cm³/mol. The minimum Gasteiger partial charge on any atom is -0.507 e. The molecule has 164 valence electrons. The smallest absolute Gasteiger partial charge is 0.295 e. The van der Waals surface area contributed by atoms with Gasteiger partial charge in [0.15, 0.2) is 0 Å². The fourth-order valence-corrected chi connectivity index (χ4v) is 3.85. The number of ketones is 1. The zero-order chi connectivity index (χ0) is 22.7. The number of methoxy groups -OCH3 is 1. The summed E-state index contributed by atoms with van der Waals surface area (Å²) in [6, 6.07) is 6.15. The lowest BCUT2D eigenvalue weighted by atomic mass is 9.96. The number of hydrogen-bond donors (Lipinski definition) is 1. The maximum atomic E-state index is 13.9.